The van der Waals surface area contributed by atoms with Gasteiger partial charge >= 0.3 is 5.97 Å². The molecule has 0 radical (unpaired) electrons. The van der Waals surface area contributed by atoms with Gasteiger partial charge in [-0.25, -0.2) is 13.6 Å². The molecule has 0 amide bonds. The number of esters is 1. The van der Waals surface area contributed by atoms with Crippen LogP contribution in [0.15, 0.2) is 48.5 Å². The molecule has 0 unspecified atom stereocenters. The number of carbonyl (C=O) groups excluding carboxylic acids is 2. The van der Waals surface area contributed by atoms with Gasteiger partial charge in [-0.2, -0.15) is 0 Å². The van der Waals surface area contributed by atoms with Gasteiger partial charge in [0.15, 0.2) is 6.61 Å². The fourth-order valence-corrected chi connectivity index (χ4v) is 5.19. The summed E-state index contributed by atoms with van der Waals surface area (Å²) in [6, 6.07) is 12.2. The van der Waals surface area contributed by atoms with Gasteiger partial charge in [0.05, 0.1) is 5.02 Å². The van der Waals surface area contributed by atoms with Gasteiger partial charge in [-0.05, 0) is 62.2 Å². The zero-order chi connectivity index (χ0) is 23.7. The summed E-state index contributed by atoms with van der Waals surface area (Å²) in [7, 11) is 0. The van der Waals surface area contributed by atoms with E-state index in [1.807, 2.05) is 18.4 Å². The lowest BCUT2D eigenvalue weighted by atomic mass is 10.1. The Hall–Kier alpha value is -3.03. The van der Waals surface area contributed by atoms with Gasteiger partial charge < -0.3 is 9.30 Å². The number of aryl methyl sites for hydroxylation is 2. The maximum absolute atomic E-state index is 13.4. The number of halogens is 3. The maximum Gasteiger partial charge on any atom is 0.350 e. The molecule has 2 aromatic heterocycles. The minimum Gasteiger partial charge on any atom is -0.453 e. The predicted molar refractivity (Wildman–Crippen MR) is 125 cm³/mol. The smallest absolute Gasteiger partial charge is 0.350 e. The zero-order valence-electron chi connectivity index (χ0n) is 18.0. The van der Waals surface area contributed by atoms with Crippen LogP contribution in [0.3, 0.4) is 0 Å². The van der Waals surface area contributed by atoms with Gasteiger partial charge in [-0.15, -0.1) is 11.3 Å². The summed E-state index contributed by atoms with van der Waals surface area (Å²) in [4.78, 5) is 25.4. The van der Waals surface area contributed by atoms with Crippen LogP contribution in [0.2, 0.25) is 5.02 Å². The Morgan fingerprint density at radius 3 is 2.45 bits per heavy atom. The number of ether oxygens (including phenoxy) is 1. The second kappa shape index (κ2) is 9.45. The monoisotopic (exact) mass is 487 g/mol. The molecule has 0 atom stereocenters. The van der Waals surface area contributed by atoms with Crippen molar-refractivity contribution in [3.05, 3.63) is 92.6 Å². The molecule has 0 bridgehead atoms. The standard InChI is InChI=1S/C25H20ClF2NO3S/c1-14-11-20(15(2)29(14)10-9-16-3-5-17(27)6-4-16)21(30)13-32-25(31)24-23(26)19-8-7-18(28)12-22(19)33-24/h3-8,11-12H,9-10,13H2,1-2H3. The molecule has 0 aliphatic heterocycles. The third-order valence-corrected chi connectivity index (χ3v) is 7.16. The number of rotatable bonds is 7. The Kier molecular flexibility index (Phi) is 6.63. The average Bonchev–Trinajstić information content (AvgIpc) is 3.27. The second-order valence-corrected chi connectivity index (χ2v) is 9.13. The number of benzene rings is 2. The van der Waals surface area contributed by atoms with Gasteiger partial charge in [0.1, 0.15) is 16.5 Å². The molecule has 0 N–H and O–H groups in total. The molecule has 0 aliphatic rings. The van der Waals surface area contributed by atoms with E-state index in [9.17, 15) is 18.4 Å². The SMILES string of the molecule is Cc1cc(C(=O)COC(=O)c2sc3cc(F)ccc3c2Cl)c(C)n1CCc1ccc(F)cc1. The molecule has 33 heavy (non-hydrogen) atoms. The molecule has 4 aromatic rings. The largest absolute Gasteiger partial charge is 0.453 e. The highest BCUT2D eigenvalue weighted by Crippen LogP contribution is 2.36. The highest BCUT2D eigenvalue weighted by Gasteiger charge is 2.22. The maximum atomic E-state index is 13.4. The number of carbonyl (C=O) groups is 2. The minimum atomic E-state index is -0.722. The summed E-state index contributed by atoms with van der Waals surface area (Å²) in [5.41, 5.74) is 3.14. The van der Waals surface area contributed by atoms with E-state index in [2.05, 4.69) is 0 Å². The predicted octanol–water partition coefficient (Wildman–Crippen LogP) is 6.53. The summed E-state index contributed by atoms with van der Waals surface area (Å²) >= 11 is 7.28. The van der Waals surface area contributed by atoms with Crippen LogP contribution in [0.25, 0.3) is 10.1 Å². The summed E-state index contributed by atoms with van der Waals surface area (Å²) in [6.45, 7) is 3.94. The van der Waals surface area contributed by atoms with Gasteiger partial charge in [-0.1, -0.05) is 23.7 Å². The highest BCUT2D eigenvalue weighted by atomic mass is 35.5. The molecular weight excluding hydrogens is 468 g/mol. The first-order valence-electron chi connectivity index (χ1n) is 10.2. The van der Waals surface area contributed by atoms with E-state index in [4.69, 9.17) is 16.3 Å². The Balaban J connectivity index is 1.43. The Bertz CT molecular complexity index is 1360. The molecular formula is C25H20ClF2NO3S. The van der Waals surface area contributed by atoms with Crippen LogP contribution in [-0.4, -0.2) is 22.9 Å². The van der Waals surface area contributed by atoms with Crippen molar-refractivity contribution >= 4 is 44.8 Å². The highest BCUT2D eigenvalue weighted by molar-refractivity contribution is 7.21. The van der Waals surface area contributed by atoms with Gasteiger partial charge in [0.25, 0.3) is 0 Å². The van der Waals surface area contributed by atoms with Crippen molar-refractivity contribution in [1.29, 1.82) is 0 Å². The summed E-state index contributed by atoms with van der Waals surface area (Å²) in [5, 5.41) is 0.748. The first-order valence-corrected chi connectivity index (χ1v) is 11.4. The average molecular weight is 488 g/mol. The van der Waals surface area contributed by atoms with Crippen molar-refractivity contribution in [3.63, 3.8) is 0 Å². The topological polar surface area (TPSA) is 48.3 Å². The molecule has 4 nitrogen and oxygen atoms in total. The number of hydrogen-bond acceptors (Lipinski definition) is 4. The number of Topliss-reactive ketones (excluding diaryl/α,β-unsaturated/α-hetero) is 1. The van der Waals surface area contributed by atoms with E-state index in [0.29, 0.717) is 28.6 Å². The van der Waals surface area contributed by atoms with Crippen molar-refractivity contribution < 1.29 is 23.1 Å². The van der Waals surface area contributed by atoms with Crippen LogP contribution in [-0.2, 0) is 17.7 Å². The molecule has 0 aliphatic carbocycles. The lowest BCUT2D eigenvalue weighted by molar-refractivity contribution is 0.0479. The third kappa shape index (κ3) is 4.84. The first-order chi connectivity index (χ1) is 15.7. The van der Waals surface area contributed by atoms with Crippen LogP contribution >= 0.6 is 22.9 Å². The molecule has 170 valence electrons. The quantitative estimate of drug-likeness (QED) is 0.220. The van der Waals surface area contributed by atoms with E-state index in [0.717, 1.165) is 28.3 Å². The van der Waals surface area contributed by atoms with E-state index in [1.165, 1.54) is 30.3 Å². The normalized spacial score (nSPS) is 11.2. The Morgan fingerprint density at radius 2 is 1.73 bits per heavy atom. The third-order valence-electron chi connectivity index (χ3n) is 5.52. The fourth-order valence-electron chi connectivity index (χ4n) is 3.76. The van der Waals surface area contributed by atoms with Crippen LogP contribution < -0.4 is 0 Å². The zero-order valence-corrected chi connectivity index (χ0v) is 19.5. The van der Waals surface area contributed by atoms with Gasteiger partial charge in [-0.3, -0.25) is 4.79 Å². The van der Waals surface area contributed by atoms with Crippen molar-refractivity contribution in [2.24, 2.45) is 0 Å². The van der Waals surface area contributed by atoms with Gasteiger partial charge in [0.2, 0.25) is 5.78 Å². The van der Waals surface area contributed by atoms with E-state index < -0.39 is 18.4 Å². The van der Waals surface area contributed by atoms with Gasteiger partial charge in [0, 0.05) is 33.6 Å². The molecule has 0 saturated carbocycles. The molecule has 2 heterocycles. The summed E-state index contributed by atoms with van der Waals surface area (Å²) in [6.07, 6.45) is 0.685. The van der Waals surface area contributed by atoms with Crippen molar-refractivity contribution in [2.45, 2.75) is 26.8 Å². The summed E-state index contributed by atoms with van der Waals surface area (Å²) in [5.74, 6) is -1.75. The van der Waals surface area contributed by atoms with Crippen molar-refractivity contribution in [1.82, 2.24) is 4.57 Å². The Labute approximate surface area is 198 Å². The van der Waals surface area contributed by atoms with Crippen LogP contribution in [0.5, 0.6) is 0 Å². The lowest BCUT2D eigenvalue weighted by Crippen LogP contribution is -2.15. The van der Waals surface area contributed by atoms with E-state index in [-0.39, 0.29) is 21.5 Å². The second-order valence-electron chi connectivity index (χ2n) is 7.70. The summed E-state index contributed by atoms with van der Waals surface area (Å²) < 4.78 is 34.3. The van der Waals surface area contributed by atoms with E-state index >= 15 is 0 Å². The first kappa shape index (κ1) is 23.1. The molecule has 0 fully saturated rings. The number of hydrogen-bond donors (Lipinski definition) is 0. The number of aromatic nitrogens is 1. The molecule has 0 spiro atoms. The Morgan fingerprint density at radius 1 is 1.03 bits per heavy atom. The number of ketones is 1. The minimum absolute atomic E-state index is 0.134. The number of nitrogens with zero attached hydrogens (tertiary/aromatic N) is 1. The number of thiophene rings is 1. The molecule has 8 heteroatoms. The lowest BCUT2D eigenvalue weighted by Gasteiger charge is -2.10. The van der Waals surface area contributed by atoms with Crippen LogP contribution in [0.1, 0.15) is 37.0 Å². The fraction of sp³-hybridized carbons (Fsp3) is 0.200. The van der Waals surface area contributed by atoms with Crippen molar-refractivity contribution in [3.8, 4) is 0 Å². The van der Waals surface area contributed by atoms with Crippen molar-refractivity contribution in [2.75, 3.05) is 6.61 Å². The molecule has 0 saturated heterocycles. The number of fused-ring (bicyclic) bond motifs is 1. The molecule has 2 aromatic carbocycles. The molecule has 4 rings (SSSR count). The van der Waals surface area contributed by atoms with Crippen LogP contribution in [0.4, 0.5) is 8.78 Å². The van der Waals surface area contributed by atoms with Crippen LogP contribution in [0, 0.1) is 25.5 Å². The van der Waals surface area contributed by atoms with E-state index in [1.54, 1.807) is 18.2 Å².